The van der Waals surface area contributed by atoms with Gasteiger partial charge < -0.3 is 4.90 Å². The van der Waals surface area contributed by atoms with E-state index in [1.807, 2.05) is 0 Å². The molecule has 17 heavy (non-hydrogen) atoms. The lowest BCUT2D eigenvalue weighted by Gasteiger charge is -2.34. The van der Waals surface area contributed by atoms with E-state index in [9.17, 15) is 0 Å². The van der Waals surface area contributed by atoms with Gasteiger partial charge in [0.15, 0.2) is 0 Å². The molecule has 0 atom stereocenters. The number of hydrazone groups is 1. The molecule has 4 nitrogen and oxygen atoms in total. The Morgan fingerprint density at radius 3 is 2.24 bits per heavy atom. The second kappa shape index (κ2) is 6.36. The molecule has 0 aromatic rings. The van der Waals surface area contributed by atoms with Gasteiger partial charge in [-0.3, -0.25) is 9.91 Å². The van der Waals surface area contributed by atoms with Crippen molar-refractivity contribution in [1.82, 2.24) is 14.8 Å². The predicted octanol–water partition coefficient (Wildman–Crippen LogP) is 1.10. The third-order valence-electron chi connectivity index (χ3n) is 3.94. The standard InChI is InChI=1S/C13H26N4/c1-3-13-5-6-17(14-13)12-11-16-9-7-15(4-2)8-10-16/h3-12H2,1-2H3. The Hall–Kier alpha value is -0.610. The highest BCUT2D eigenvalue weighted by Crippen LogP contribution is 2.09. The largest absolute Gasteiger partial charge is 0.301 e. The van der Waals surface area contributed by atoms with Crippen LogP contribution in [0.5, 0.6) is 0 Å². The van der Waals surface area contributed by atoms with Crippen LogP contribution in [0, 0.1) is 0 Å². The van der Waals surface area contributed by atoms with Crippen LogP contribution < -0.4 is 0 Å². The van der Waals surface area contributed by atoms with E-state index >= 15 is 0 Å². The van der Waals surface area contributed by atoms with E-state index in [-0.39, 0.29) is 0 Å². The van der Waals surface area contributed by atoms with Crippen molar-refractivity contribution in [3.05, 3.63) is 0 Å². The van der Waals surface area contributed by atoms with Gasteiger partial charge in [0.05, 0.1) is 0 Å². The quantitative estimate of drug-likeness (QED) is 0.716. The van der Waals surface area contributed by atoms with E-state index < -0.39 is 0 Å². The summed E-state index contributed by atoms with van der Waals surface area (Å²) in [6, 6.07) is 0. The van der Waals surface area contributed by atoms with Crippen molar-refractivity contribution in [3.63, 3.8) is 0 Å². The third-order valence-corrected chi connectivity index (χ3v) is 3.94. The van der Waals surface area contributed by atoms with Gasteiger partial charge in [0.25, 0.3) is 0 Å². The number of nitrogens with zero attached hydrogens (tertiary/aromatic N) is 4. The molecular formula is C13H26N4. The van der Waals surface area contributed by atoms with Gasteiger partial charge in [-0.05, 0) is 13.0 Å². The average Bonchev–Trinajstić information content (AvgIpc) is 2.85. The monoisotopic (exact) mass is 238 g/mol. The van der Waals surface area contributed by atoms with E-state index in [1.165, 1.54) is 51.4 Å². The molecule has 1 fully saturated rings. The first kappa shape index (κ1) is 12.8. The number of piperazine rings is 1. The first-order valence-electron chi connectivity index (χ1n) is 7.07. The third kappa shape index (κ3) is 3.68. The smallest absolute Gasteiger partial charge is 0.0487 e. The molecule has 0 aliphatic carbocycles. The van der Waals surface area contributed by atoms with Crippen LogP contribution in [0.2, 0.25) is 0 Å². The van der Waals surface area contributed by atoms with Crippen molar-refractivity contribution < 1.29 is 0 Å². The summed E-state index contributed by atoms with van der Waals surface area (Å²) in [5.74, 6) is 0. The summed E-state index contributed by atoms with van der Waals surface area (Å²) in [6.07, 6.45) is 2.30. The molecule has 0 saturated carbocycles. The summed E-state index contributed by atoms with van der Waals surface area (Å²) in [5, 5.41) is 6.89. The van der Waals surface area contributed by atoms with E-state index in [0.717, 1.165) is 19.5 Å². The predicted molar refractivity (Wildman–Crippen MR) is 72.5 cm³/mol. The summed E-state index contributed by atoms with van der Waals surface area (Å²) >= 11 is 0. The van der Waals surface area contributed by atoms with Gasteiger partial charge in [0.2, 0.25) is 0 Å². The summed E-state index contributed by atoms with van der Waals surface area (Å²) in [6.45, 7) is 14.0. The first-order valence-corrected chi connectivity index (χ1v) is 7.07. The zero-order valence-corrected chi connectivity index (χ0v) is 11.4. The summed E-state index contributed by atoms with van der Waals surface area (Å²) in [4.78, 5) is 5.10. The Labute approximate surface area is 105 Å². The number of rotatable bonds is 5. The van der Waals surface area contributed by atoms with E-state index in [1.54, 1.807) is 0 Å². The summed E-state index contributed by atoms with van der Waals surface area (Å²) < 4.78 is 0. The van der Waals surface area contributed by atoms with Crippen molar-refractivity contribution in [2.75, 3.05) is 52.4 Å². The minimum Gasteiger partial charge on any atom is -0.301 e. The summed E-state index contributed by atoms with van der Waals surface area (Å²) in [5.41, 5.74) is 1.38. The van der Waals surface area contributed by atoms with E-state index in [4.69, 9.17) is 0 Å². The zero-order chi connectivity index (χ0) is 12.1. The molecule has 0 spiro atoms. The highest BCUT2D eigenvalue weighted by Gasteiger charge is 2.17. The fourth-order valence-electron chi connectivity index (χ4n) is 2.55. The summed E-state index contributed by atoms with van der Waals surface area (Å²) in [7, 11) is 0. The molecule has 2 rings (SSSR count). The highest BCUT2D eigenvalue weighted by molar-refractivity contribution is 5.85. The van der Waals surface area contributed by atoms with E-state index in [2.05, 4.69) is 33.8 Å². The average molecular weight is 238 g/mol. The molecule has 0 aromatic heterocycles. The lowest BCUT2D eigenvalue weighted by molar-refractivity contribution is 0.125. The minimum atomic E-state index is 1.11. The fourth-order valence-corrected chi connectivity index (χ4v) is 2.55. The van der Waals surface area contributed by atoms with Gasteiger partial charge in [0, 0.05) is 57.9 Å². The molecule has 0 radical (unpaired) electrons. The number of hydrogen-bond donors (Lipinski definition) is 0. The van der Waals surface area contributed by atoms with Crippen LogP contribution in [0.1, 0.15) is 26.7 Å². The van der Waals surface area contributed by atoms with Gasteiger partial charge >= 0.3 is 0 Å². The molecule has 1 saturated heterocycles. The van der Waals surface area contributed by atoms with Gasteiger partial charge in [-0.25, -0.2) is 0 Å². The Bertz CT molecular complexity index is 256. The van der Waals surface area contributed by atoms with Gasteiger partial charge in [-0.15, -0.1) is 0 Å². The molecule has 0 unspecified atom stereocenters. The normalized spacial score (nSPS) is 23.2. The SMILES string of the molecule is CCC1=NN(CCN2CCN(CC)CC2)CC1. The molecule has 2 aliphatic rings. The van der Waals surface area contributed by atoms with Crippen LogP contribution in [-0.2, 0) is 0 Å². The number of likely N-dealkylation sites (N-methyl/N-ethyl adjacent to an activating group) is 1. The maximum absolute atomic E-state index is 4.63. The van der Waals surface area contributed by atoms with Crippen LogP contribution in [-0.4, -0.2) is 72.9 Å². The Morgan fingerprint density at radius 1 is 0.941 bits per heavy atom. The van der Waals surface area contributed by atoms with Crippen molar-refractivity contribution in [2.24, 2.45) is 5.10 Å². The van der Waals surface area contributed by atoms with E-state index in [0.29, 0.717) is 0 Å². The van der Waals surface area contributed by atoms with Crippen LogP contribution in [0.4, 0.5) is 0 Å². The maximum Gasteiger partial charge on any atom is 0.0487 e. The van der Waals surface area contributed by atoms with Crippen LogP contribution in [0.3, 0.4) is 0 Å². The molecule has 4 heteroatoms. The van der Waals surface area contributed by atoms with Gasteiger partial charge in [0.1, 0.15) is 0 Å². The lowest BCUT2D eigenvalue weighted by Crippen LogP contribution is -2.47. The number of hydrogen-bond acceptors (Lipinski definition) is 4. The molecule has 0 amide bonds. The Kier molecular flexibility index (Phi) is 4.80. The van der Waals surface area contributed by atoms with Gasteiger partial charge in [-0.1, -0.05) is 13.8 Å². The topological polar surface area (TPSA) is 22.1 Å². The van der Waals surface area contributed by atoms with Crippen LogP contribution in [0.15, 0.2) is 5.10 Å². The molecule has 0 bridgehead atoms. The van der Waals surface area contributed by atoms with Crippen molar-refractivity contribution >= 4 is 5.71 Å². The molecule has 98 valence electrons. The molecule has 0 aromatic carbocycles. The highest BCUT2D eigenvalue weighted by atomic mass is 15.5. The molecular weight excluding hydrogens is 212 g/mol. The lowest BCUT2D eigenvalue weighted by atomic mass is 10.2. The molecule has 2 aliphatic heterocycles. The minimum absolute atomic E-state index is 1.11. The van der Waals surface area contributed by atoms with Crippen molar-refractivity contribution in [3.8, 4) is 0 Å². The Balaban J connectivity index is 1.65. The van der Waals surface area contributed by atoms with Crippen molar-refractivity contribution in [2.45, 2.75) is 26.7 Å². The van der Waals surface area contributed by atoms with Gasteiger partial charge in [-0.2, -0.15) is 5.10 Å². The fraction of sp³-hybridized carbons (Fsp3) is 0.923. The van der Waals surface area contributed by atoms with Crippen molar-refractivity contribution in [1.29, 1.82) is 0 Å². The zero-order valence-electron chi connectivity index (χ0n) is 11.4. The molecule has 0 N–H and O–H groups in total. The van der Waals surface area contributed by atoms with Crippen LogP contribution >= 0.6 is 0 Å². The molecule has 2 heterocycles. The maximum atomic E-state index is 4.63. The first-order chi connectivity index (χ1) is 8.31. The van der Waals surface area contributed by atoms with Crippen LogP contribution in [0.25, 0.3) is 0 Å². The second-order valence-corrected chi connectivity index (χ2v) is 5.00. The second-order valence-electron chi connectivity index (χ2n) is 5.00. The Morgan fingerprint density at radius 2 is 1.65 bits per heavy atom.